The summed E-state index contributed by atoms with van der Waals surface area (Å²) in [5.41, 5.74) is 7.30. The Hall–Kier alpha value is -1.14. The second kappa shape index (κ2) is 5.88. The number of nitrogens with two attached hydrogens (primary N) is 1. The maximum atomic E-state index is 13.3. The minimum atomic E-state index is -2.93. The van der Waals surface area contributed by atoms with Gasteiger partial charge in [-0.25, -0.2) is 12.8 Å². The van der Waals surface area contributed by atoms with E-state index in [-0.39, 0.29) is 17.3 Å². The predicted molar refractivity (Wildman–Crippen MR) is 74.6 cm³/mol. The van der Waals surface area contributed by atoms with Crippen LogP contribution in [-0.2, 0) is 16.3 Å². The molecule has 2 rings (SSSR count). The van der Waals surface area contributed by atoms with Crippen LogP contribution in [0.4, 0.5) is 10.1 Å². The van der Waals surface area contributed by atoms with Crippen LogP contribution in [0.2, 0.25) is 0 Å². The molecule has 1 aliphatic heterocycles. The highest BCUT2D eigenvalue weighted by atomic mass is 32.2. The first kappa shape index (κ1) is 14.3. The second-order valence-electron chi connectivity index (χ2n) is 4.80. The Bertz CT molecular complexity index is 546. The molecule has 0 radical (unpaired) electrons. The first-order valence-corrected chi connectivity index (χ1v) is 8.28. The van der Waals surface area contributed by atoms with Crippen LogP contribution in [0.3, 0.4) is 0 Å². The maximum Gasteiger partial charge on any atom is 0.152 e. The number of sulfone groups is 1. The van der Waals surface area contributed by atoms with Crippen LogP contribution in [0, 0.1) is 5.82 Å². The lowest BCUT2D eigenvalue weighted by Gasteiger charge is -2.25. The average Bonchev–Trinajstić information content (AvgIpc) is 2.51. The molecule has 2 N–H and O–H groups in total. The summed E-state index contributed by atoms with van der Waals surface area (Å²) in [5, 5.41) is 0. The van der Waals surface area contributed by atoms with Gasteiger partial charge in [0.2, 0.25) is 0 Å². The number of nitrogens with zero attached hydrogens (tertiary/aromatic N) is 1. The fourth-order valence-corrected chi connectivity index (χ4v) is 3.67. The molecule has 6 heteroatoms. The fraction of sp³-hybridized carbons (Fsp3) is 0.538. The molecule has 1 heterocycles. The summed E-state index contributed by atoms with van der Waals surface area (Å²) in [4.78, 5) is 2.02. The third-order valence-corrected chi connectivity index (χ3v) is 5.07. The highest BCUT2D eigenvalue weighted by Crippen LogP contribution is 2.23. The number of hydrogen-bond donors (Lipinski definition) is 1. The van der Waals surface area contributed by atoms with Crippen molar-refractivity contribution in [2.45, 2.75) is 12.8 Å². The van der Waals surface area contributed by atoms with Gasteiger partial charge in [0.1, 0.15) is 5.82 Å². The molecule has 19 heavy (non-hydrogen) atoms. The van der Waals surface area contributed by atoms with Crippen molar-refractivity contribution in [1.82, 2.24) is 0 Å². The third-order valence-electron chi connectivity index (χ3n) is 3.35. The van der Waals surface area contributed by atoms with Crippen LogP contribution in [0.5, 0.6) is 0 Å². The molecular formula is C13H19FN2O2S. The summed E-state index contributed by atoms with van der Waals surface area (Å²) < 4.78 is 36.5. The molecule has 1 aliphatic rings. The summed E-state index contributed by atoms with van der Waals surface area (Å²) in [6.45, 7) is 1.59. The lowest BCUT2D eigenvalue weighted by atomic mass is 10.1. The molecular weight excluding hydrogens is 267 g/mol. The van der Waals surface area contributed by atoms with Crippen LogP contribution in [0.15, 0.2) is 18.2 Å². The largest absolute Gasteiger partial charge is 0.370 e. The SMILES string of the molecule is NCCc1cc(F)ccc1N1CCCS(=O)(=O)CC1. The van der Waals surface area contributed by atoms with Gasteiger partial charge in [-0.3, -0.25) is 0 Å². The molecule has 0 unspecified atom stereocenters. The molecule has 0 amide bonds. The molecule has 106 valence electrons. The molecule has 0 aromatic heterocycles. The van der Waals surface area contributed by atoms with Crippen molar-refractivity contribution in [2.24, 2.45) is 5.73 Å². The van der Waals surface area contributed by atoms with Gasteiger partial charge >= 0.3 is 0 Å². The molecule has 1 saturated heterocycles. The quantitative estimate of drug-likeness (QED) is 0.898. The predicted octanol–water partition coefficient (Wildman–Crippen LogP) is 0.952. The molecule has 1 aromatic carbocycles. The Kier molecular flexibility index (Phi) is 4.42. The van der Waals surface area contributed by atoms with Gasteiger partial charge in [-0.15, -0.1) is 0 Å². The van der Waals surface area contributed by atoms with Crippen molar-refractivity contribution in [2.75, 3.05) is 36.0 Å². The Morgan fingerprint density at radius 2 is 2.05 bits per heavy atom. The van der Waals surface area contributed by atoms with Crippen molar-refractivity contribution in [3.63, 3.8) is 0 Å². The molecule has 4 nitrogen and oxygen atoms in total. The number of benzene rings is 1. The van der Waals surface area contributed by atoms with E-state index in [4.69, 9.17) is 5.73 Å². The Morgan fingerprint density at radius 3 is 2.79 bits per heavy atom. The van der Waals surface area contributed by atoms with E-state index in [1.165, 1.54) is 12.1 Å². The van der Waals surface area contributed by atoms with Crippen molar-refractivity contribution < 1.29 is 12.8 Å². The standard InChI is InChI=1S/C13H19FN2O2S/c14-12-2-3-13(11(10-12)4-5-15)16-6-1-8-19(17,18)9-7-16/h2-3,10H,1,4-9,15H2. The van der Waals surface area contributed by atoms with Crippen LogP contribution >= 0.6 is 0 Å². The van der Waals surface area contributed by atoms with E-state index in [1.807, 2.05) is 4.90 Å². The highest BCUT2D eigenvalue weighted by molar-refractivity contribution is 7.91. The monoisotopic (exact) mass is 286 g/mol. The van der Waals surface area contributed by atoms with Crippen LogP contribution < -0.4 is 10.6 Å². The summed E-state index contributed by atoms with van der Waals surface area (Å²) in [5.74, 6) is 0.109. The summed E-state index contributed by atoms with van der Waals surface area (Å²) in [7, 11) is -2.93. The summed E-state index contributed by atoms with van der Waals surface area (Å²) in [6, 6.07) is 4.62. The molecule has 0 saturated carbocycles. The minimum Gasteiger partial charge on any atom is -0.370 e. The molecule has 0 spiro atoms. The zero-order chi connectivity index (χ0) is 13.9. The van der Waals surface area contributed by atoms with Gasteiger partial charge in [-0.2, -0.15) is 0 Å². The van der Waals surface area contributed by atoms with Crippen molar-refractivity contribution in [3.8, 4) is 0 Å². The fourth-order valence-electron chi connectivity index (χ4n) is 2.40. The van der Waals surface area contributed by atoms with E-state index < -0.39 is 9.84 Å². The van der Waals surface area contributed by atoms with E-state index in [9.17, 15) is 12.8 Å². The lowest BCUT2D eigenvalue weighted by molar-refractivity contribution is 0.597. The van der Waals surface area contributed by atoms with Gasteiger partial charge < -0.3 is 10.6 Å². The molecule has 0 bridgehead atoms. The normalized spacial score (nSPS) is 19.2. The van der Waals surface area contributed by atoms with Crippen LogP contribution in [0.25, 0.3) is 0 Å². The third kappa shape index (κ3) is 3.67. The second-order valence-corrected chi connectivity index (χ2v) is 7.11. The Balaban J connectivity index is 2.25. The molecule has 0 aliphatic carbocycles. The van der Waals surface area contributed by atoms with Crippen molar-refractivity contribution in [3.05, 3.63) is 29.6 Å². The zero-order valence-corrected chi connectivity index (χ0v) is 11.6. The summed E-state index contributed by atoms with van der Waals surface area (Å²) >= 11 is 0. The average molecular weight is 286 g/mol. The van der Waals surface area contributed by atoms with Crippen LogP contribution in [-0.4, -0.2) is 39.6 Å². The van der Waals surface area contributed by atoms with E-state index in [2.05, 4.69) is 0 Å². The van der Waals surface area contributed by atoms with E-state index in [0.29, 0.717) is 32.5 Å². The van der Waals surface area contributed by atoms with Crippen molar-refractivity contribution in [1.29, 1.82) is 0 Å². The zero-order valence-electron chi connectivity index (χ0n) is 10.8. The van der Waals surface area contributed by atoms with E-state index >= 15 is 0 Å². The molecule has 1 aromatic rings. The number of hydrogen-bond acceptors (Lipinski definition) is 4. The number of halogens is 1. The van der Waals surface area contributed by atoms with E-state index in [1.54, 1.807) is 6.07 Å². The minimum absolute atomic E-state index is 0.159. The molecule has 0 atom stereocenters. The molecule has 1 fully saturated rings. The summed E-state index contributed by atoms with van der Waals surface area (Å²) in [6.07, 6.45) is 1.21. The Labute approximate surface area is 113 Å². The van der Waals surface area contributed by atoms with Crippen LogP contribution in [0.1, 0.15) is 12.0 Å². The first-order chi connectivity index (χ1) is 9.02. The number of anilines is 1. The Morgan fingerprint density at radius 1 is 1.26 bits per heavy atom. The lowest BCUT2D eigenvalue weighted by Crippen LogP contribution is -2.28. The van der Waals surface area contributed by atoms with Gasteiger partial charge in [0.25, 0.3) is 0 Å². The number of rotatable bonds is 3. The van der Waals surface area contributed by atoms with Gasteiger partial charge in [-0.05, 0) is 43.1 Å². The van der Waals surface area contributed by atoms with E-state index in [0.717, 1.165) is 11.3 Å². The van der Waals surface area contributed by atoms with Gasteiger partial charge in [0, 0.05) is 18.8 Å². The van der Waals surface area contributed by atoms with Gasteiger partial charge in [0.15, 0.2) is 9.84 Å². The van der Waals surface area contributed by atoms with Gasteiger partial charge in [0.05, 0.1) is 11.5 Å². The topological polar surface area (TPSA) is 63.4 Å². The maximum absolute atomic E-state index is 13.3. The van der Waals surface area contributed by atoms with Gasteiger partial charge in [-0.1, -0.05) is 0 Å². The van der Waals surface area contributed by atoms with Crippen molar-refractivity contribution >= 4 is 15.5 Å². The highest BCUT2D eigenvalue weighted by Gasteiger charge is 2.20. The first-order valence-electron chi connectivity index (χ1n) is 6.46. The smallest absolute Gasteiger partial charge is 0.152 e.